The van der Waals surface area contributed by atoms with Gasteiger partial charge in [-0.05, 0) is 17.7 Å². The van der Waals surface area contributed by atoms with E-state index < -0.39 is 0 Å². The summed E-state index contributed by atoms with van der Waals surface area (Å²) < 4.78 is 14.9. The summed E-state index contributed by atoms with van der Waals surface area (Å²) in [5.74, 6) is 0.553. The van der Waals surface area contributed by atoms with E-state index in [1.54, 1.807) is 16.9 Å². The van der Waals surface area contributed by atoms with Gasteiger partial charge in [-0.1, -0.05) is 12.1 Å². The summed E-state index contributed by atoms with van der Waals surface area (Å²) in [6.45, 7) is 0.568. The van der Waals surface area contributed by atoms with Crippen LogP contribution >= 0.6 is 0 Å². The number of halogens is 1. The van der Waals surface area contributed by atoms with Crippen LogP contribution < -0.4 is 4.90 Å². The van der Waals surface area contributed by atoms with Gasteiger partial charge in [0, 0.05) is 20.6 Å². The van der Waals surface area contributed by atoms with Gasteiger partial charge in [-0.3, -0.25) is 4.68 Å². The van der Waals surface area contributed by atoms with Crippen LogP contribution in [0.15, 0.2) is 36.8 Å². The highest BCUT2D eigenvalue weighted by atomic mass is 19.1. The van der Waals surface area contributed by atoms with E-state index in [0.717, 1.165) is 22.4 Å². The lowest BCUT2D eigenvalue weighted by Crippen LogP contribution is -2.18. The minimum absolute atomic E-state index is 0.231. The maximum absolute atomic E-state index is 13.2. The van der Waals surface area contributed by atoms with Crippen LogP contribution in [-0.4, -0.2) is 26.8 Å². The van der Waals surface area contributed by atoms with Crippen molar-refractivity contribution >= 4 is 16.9 Å². The van der Waals surface area contributed by atoms with Gasteiger partial charge in [0.05, 0.1) is 11.6 Å². The van der Waals surface area contributed by atoms with Crippen molar-refractivity contribution in [3.05, 3.63) is 48.2 Å². The first-order valence-corrected chi connectivity index (χ1v) is 6.23. The molecule has 0 aliphatic rings. The molecule has 0 radical (unpaired) electrons. The Morgan fingerprint density at radius 3 is 2.95 bits per heavy atom. The van der Waals surface area contributed by atoms with Crippen molar-refractivity contribution < 1.29 is 4.39 Å². The van der Waals surface area contributed by atoms with E-state index >= 15 is 0 Å². The SMILES string of the molecule is CN(Cc1cccc(F)c1)c1ncnc2c1cnn2C. The molecule has 20 heavy (non-hydrogen) atoms. The maximum atomic E-state index is 13.2. The second-order valence-electron chi connectivity index (χ2n) is 4.69. The van der Waals surface area contributed by atoms with E-state index in [1.807, 2.05) is 25.1 Å². The molecule has 0 aliphatic heterocycles. The first kappa shape index (κ1) is 12.5. The summed E-state index contributed by atoms with van der Waals surface area (Å²) >= 11 is 0. The van der Waals surface area contributed by atoms with Crippen molar-refractivity contribution in [3.63, 3.8) is 0 Å². The van der Waals surface area contributed by atoms with E-state index in [1.165, 1.54) is 18.5 Å². The first-order chi connectivity index (χ1) is 9.65. The summed E-state index contributed by atoms with van der Waals surface area (Å²) in [5.41, 5.74) is 1.67. The lowest BCUT2D eigenvalue weighted by atomic mass is 10.2. The number of rotatable bonds is 3. The Kier molecular flexibility index (Phi) is 3.06. The Morgan fingerprint density at radius 2 is 2.15 bits per heavy atom. The third-order valence-electron chi connectivity index (χ3n) is 3.18. The summed E-state index contributed by atoms with van der Waals surface area (Å²) in [4.78, 5) is 10.5. The van der Waals surface area contributed by atoms with Crippen molar-refractivity contribution in [2.24, 2.45) is 7.05 Å². The number of hydrogen-bond acceptors (Lipinski definition) is 4. The van der Waals surface area contributed by atoms with Crippen molar-refractivity contribution in [1.82, 2.24) is 19.7 Å². The molecule has 0 saturated carbocycles. The molecule has 102 valence electrons. The highest BCUT2D eigenvalue weighted by Crippen LogP contribution is 2.22. The molecule has 6 heteroatoms. The molecule has 0 N–H and O–H groups in total. The number of aromatic nitrogens is 4. The number of anilines is 1. The monoisotopic (exact) mass is 271 g/mol. The molecule has 3 rings (SSSR count). The highest BCUT2D eigenvalue weighted by molar-refractivity contribution is 5.86. The first-order valence-electron chi connectivity index (χ1n) is 6.23. The van der Waals surface area contributed by atoms with E-state index in [9.17, 15) is 4.39 Å². The van der Waals surface area contributed by atoms with Gasteiger partial charge in [0.1, 0.15) is 18.0 Å². The van der Waals surface area contributed by atoms with Gasteiger partial charge < -0.3 is 4.90 Å². The van der Waals surface area contributed by atoms with Crippen LogP contribution in [0.2, 0.25) is 0 Å². The molecular weight excluding hydrogens is 257 g/mol. The molecule has 0 amide bonds. The molecule has 2 aromatic heterocycles. The summed E-state index contributed by atoms with van der Waals surface area (Å²) in [7, 11) is 3.76. The maximum Gasteiger partial charge on any atom is 0.163 e. The number of nitrogens with zero attached hydrogens (tertiary/aromatic N) is 5. The standard InChI is InChI=1S/C14H14FN5/c1-19(8-10-4-3-5-11(15)6-10)13-12-7-18-20(2)14(12)17-9-16-13/h3-7,9H,8H2,1-2H3. The van der Waals surface area contributed by atoms with Gasteiger partial charge in [-0.15, -0.1) is 0 Å². The van der Waals surface area contributed by atoms with Crippen LogP contribution in [0.3, 0.4) is 0 Å². The number of hydrogen-bond donors (Lipinski definition) is 0. The summed E-state index contributed by atoms with van der Waals surface area (Å²) in [6, 6.07) is 6.56. The molecule has 5 nitrogen and oxygen atoms in total. The molecule has 2 heterocycles. The van der Waals surface area contributed by atoms with E-state index in [0.29, 0.717) is 6.54 Å². The Labute approximate surface area is 115 Å². The predicted molar refractivity (Wildman–Crippen MR) is 74.8 cm³/mol. The topological polar surface area (TPSA) is 46.8 Å². The summed E-state index contributed by atoms with van der Waals surface area (Å²) in [5, 5.41) is 5.07. The fourth-order valence-corrected chi connectivity index (χ4v) is 2.24. The molecule has 1 aromatic carbocycles. The third kappa shape index (κ3) is 2.20. The van der Waals surface area contributed by atoms with Crippen LogP contribution in [0.4, 0.5) is 10.2 Å². The van der Waals surface area contributed by atoms with E-state index in [4.69, 9.17) is 0 Å². The quantitative estimate of drug-likeness (QED) is 0.732. The molecule has 0 saturated heterocycles. The minimum Gasteiger partial charge on any atom is -0.355 e. The van der Waals surface area contributed by atoms with Gasteiger partial charge in [0.15, 0.2) is 5.65 Å². The fraction of sp³-hybridized carbons (Fsp3) is 0.214. The Balaban J connectivity index is 1.94. The third-order valence-corrected chi connectivity index (χ3v) is 3.18. The Bertz CT molecular complexity index is 752. The smallest absolute Gasteiger partial charge is 0.163 e. The van der Waals surface area contributed by atoms with Crippen molar-refractivity contribution in [1.29, 1.82) is 0 Å². The zero-order chi connectivity index (χ0) is 14.1. The van der Waals surface area contributed by atoms with Crippen molar-refractivity contribution in [2.75, 3.05) is 11.9 Å². The molecule has 0 spiro atoms. The molecule has 0 unspecified atom stereocenters. The normalized spacial score (nSPS) is 10.9. The second-order valence-corrected chi connectivity index (χ2v) is 4.69. The van der Waals surface area contributed by atoms with Gasteiger partial charge in [-0.2, -0.15) is 5.10 Å². The Morgan fingerprint density at radius 1 is 1.30 bits per heavy atom. The average molecular weight is 271 g/mol. The van der Waals surface area contributed by atoms with Crippen molar-refractivity contribution in [3.8, 4) is 0 Å². The lowest BCUT2D eigenvalue weighted by molar-refractivity contribution is 0.625. The number of aryl methyl sites for hydroxylation is 1. The molecule has 3 aromatic rings. The van der Waals surface area contributed by atoms with Crippen LogP contribution in [0, 0.1) is 5.82 Å². The van der Waals surface area contributed by atoms with E-state index in [-0.39, 0.29) is 5.82 Å². The van der Waals surface area contributed by atoms with Gasteiger partial charge in [0.2, 0.25) is 0 Å². The molecular formula is C14H14FN5. The number of benzene rings is 1. The molecule has 0 bridgehead atoms. The van der Waals surface area contributed by atoms with E-state index in [2.05, 4.69) is 15.1 Å². The number of fused-ring (bicyclic) bond motifs is 1. The molecule has 0 aliphatic carbocycles. The van der Waals surface area contributed by atoms with Crippen LogP contribution in [0.25, 0.3) is 11.0 Å². The summed E-state index contributed by atoms with van der Waals surface area (Å²) in [6.07, 6.45) is 3.26. The van der Waals surface area contributed by atoms with Gasteiger partial charge >= 0.3 is 0 Å². The minimum atomic E-state index is -0.231. The van der Waals surface area contributed by atoms with Crippen LogP contribution in [0.1, 0.15) is 5.56 Å². The Hall–Kier alpha value is -2.50. The average Bonchev–Trinajstić information content (AvgIpc) is 2.81. The second kappa shape index (κ2) is 4.88. The molecule has 0 fully saturated rings. The van der Waals surface area contributed by atoms with Crippen LogP contribution in [0.5, 0.6) is 0 Å². The van der Waals surface area contributed by atoms with Crippen LogP contribution in [-0.2, 0) is 13.6 Å². The fourth-order valence-electron chi connectivity index (χ4n) is 2.24. The van der Waals surface area contributed by atoms with Gasteiger partial charge in [-0.25, -0.2) is 14.4 Å². The zero-order valence-electron chi connectivity index (χ0n) is 11.3. The highest BCUT2D eigenvalue weighted by Gasteiger charge is 2.12. The largest absolute Gasteiger partial charge is 0.355 e. The molecule has 0 atom stereocenters. The van der Waals surface area contributed by atoms with Crippen molar-refractivity contribution in [2.45, 2.75) is 6.54 Å². The van der Waals surface area contributed by atoms with Gasteiger partial charge in [0.25, 0.3) is 0 Å². The zero-order valence-corrected chi connectivity index (χ0v) is 11.3. The predicted octanol–water partition coefficient (Wildman–Crippen LogP) is 2.14. The lowest BCUT2D eigenvalue weighted by Gasteiger charge is -2.18.